The lowest BCUT2D eigenvalue weighted by Crippen LogP contribution is -2.05. The van der Waals surface area contributed by atoms with Crippen molar-refractivity contribution in [3.05, 3.63) is 47.8 Å². The number of pyridine rings is 1. The van der Waals surface area contributed by atoms with Gasteiger partial charge in [-0.3, -0.25) is 0 Å². The van der Waals surface area contributed by atoms with Crippen molar-refractivity contribution in [3.63, 3.8) is 0 Å². The van der Waals surface area contributed by atoms with Crippen molar-refractivity contribution in [2.45, 2.75) is 6.18 Å². The molecule has 0 atom stereocenters. The van der Waals surface area contributed by atoms with Crippen molar-refractivity contribution in [2.75, 3.05) is 7.11 Å². The summed E-state index contributed by atoms with van der Waals surface area (Å²) >= 11 is 0. The Morgan fingerprint density at radius 2 is 1.84 bits per heavy atom. The van der Waals surface area contributed by atoms with E-state index in [9.17, 15) is 17.6 Å². The average molecular weight is 271 g/mol. The average Bonchev–Trinajstić information content (AvgIpc) is 2.38. The van der Waals surface area contributed by atoms with Crippen LogP contribution >= 0.6 is 0 Å². The van der Waals surface area contributed by atoms with Crippen LogP contribution in [0.15, 0.2) is 36.4 Å². The van der Waals surface area contributed by atoms with Crippen LogP contribution in [0.4, 0.5) is 17.6 Å². The quantitative estimate of drug-likeness (QED) is 0.772. The van der Waals surface area contributed by atoms with Gasteiger partial charge < -0.3 is 4.74 Å². The van der Waals surface area contributed by atoms with E-state index in [-0.39, 0.29) is 17.1 Å². The Morgan fingerprint density at radius 3 is 2.47 bits per heavy atom. The monoisotopic (exact) mass is 271 g/mol. The Morgan fingerprint density at radius 1 is 1.11 bits per heavy atom. The normalized spacial score (nSPS) is 11.4. The Labute approximate surface area is 106 Å². The molecule has 0 fully saturated rings. The van der Waals surface area contributed by atoms with E-state index in [2.05, 4.69) is 4.98 Å². The fraction of sp³-hybridized carbons (Fsp3) is 0.154. The van der Waals surface area contributed by atoms with Gasteiger partial charge in [0, 0.05) is 11.6 Å². The molecule has 0 aliphatic rings. The molecule has 19 heavy (non-hydrogen) atoms. The Balaban J connectivity index is 2.54. The minimum absolute atomic E-state index is 0.0861. The van der Waals surface area contributed by atoms with Gasteiger partial charge >= 0.3 is 6.18 Å². The van der Waals surface area contributed by atoms with E-state index >= 15 is 0 Å². The van der Waals surface area contributed by atoms with Gasteiger partial charge in [-0.25, -0.2) is 9.37 Å². The fourth-order valence-corrected chi connectivity index (χ4v) is 1.58. The molecule has 1 aromatic heterocycles. The lowest BCUT2D eigenvalue weighted by Gasteiger charge is -2.10. The molecule has 1 heterocycles. The van der Waals surface area contributed by atoms with Gasteiger partial charge in [-0.1, -0.05) is 6.07 Å². The summed E-state index contributed by atoms with van der Waals surface area (Å²) in [4.78, 5) is 3.92. The van der Waals surface area contributed by atoms with Crippen LogP contribution in [0, 0.1) is 5.82 Å². The van der Waals surface area contributed by atoms with Gasteiger partial charge in [0.2, 0.25) is 5.88 Å². The molecule has 0 N–H and O–H groups in total. The van der Waals surface area contributed by atoms with Crippen LogP contribution in [-0.4, -0.2) is 12.1 Å². The topological polar surface area (TPSA) is 22.1 Å². The molecule has 0 unspecified atom stereocenters. The van der Waals surface area contributed by atoms with Crippen LogP contribution in [-0.2, 0) is 6.18 Å². The second kappa shape index (κ2) is 4.87. The first-order valence-corrected chi connectivity index (χ1v) is 5.30. The first kappa shape index (κ1) is 13.3. The number of methoxy groups -OCH3 is 1. The smallest absolute Gasteiger partial charge is 0.416 e. The summed E-state index contributed by atoms with van der Waals surface area (Å²) in [5, 5.41) is 0. The van der Waals surface area contributed by atoms with Crippen LogP contribution in [0.2, 0.25) is 0 Å². The Hall–Kier alpha value is -2.11. The molecular weight excluding hydrogens is 262 g/mol. The number of halogens is 4. The van der Waals surface area contributed by atoms with Crippen LogP contribution in [0.25, 0.3) is 11.3 Å². The largest absolute Gasteiger partial charge is 0.481 e. The van der Waals surface area contributed by atoms with E-state index in [0.29, 0.717) is 6.07 Å². The molecule has 2 rings (SSSR count). The molecular formula is C13H9F4NO. The Bertz CT molecular complexity index is 595. The number of benzene rings is 1. The van der Waals surface area contributed by atoms with Gasteiger partial charge in [0.05, 0.1) is 18.4 Å². The third-order valence-electron chi connectivity index (χ3n) is 2.50. The van der Waals surface area contributed by atoms with Crippen molar-refractivity contribution >= 4 is 0 Å². The molecule has 6 heteroatoms. The SMILES string of the molecule is COc1cccc(-c2cc(C(F)(F)F)ccc2F)n1. The second-order valence-corrected chi connectivity index (χ2v) is 3.76. The minimum atomic E-state index is -4.53. The minimum Gasteiger partial charge on any atom is -0.481 e. The number of aromatic nitrogens is 1. The number of ether oxygens (including phenoxy) is 1. The third-order valence-corrected chi connectivity index (χ3v) is 2.50. The fourth-order valence-electron chi connectivity index (χ4n) is 1.58. The number of hydrogen-bond donors (Lipinski definition) is 0. The van der Waals surface area contributed by atoms with Crippen molar-refractivity contribution < 1.29 is 22.3 Å². The van der Waals surface area contributed by atoms with E-state index in [1.54, 1.807) is 0 Å². The van der Waals surface area contributed by atoms with Crippen molar-refractivity contribution in [2.24, 2.45) is 0 Å². The molecule has 0 saturated carbocycles. The zero-order valence-electron chi connectivity index (χ0n) is 9.83. The predicted octanol–water partition coefficient (Wildman–Crippen LogP) is 3.92. The zero-order valence-corrected chi connectivity index (χ0v) is 9.83. The van der Waals surface area contributed by atoms with Crippen LogP contribution in [0.1, 0.15) is 5.56 Å². The van der Waals surface area contributed by atoms with Crippen LogP contribution in [0.3, 0.4) is 0 Å². The van der Waals surface area contributed by atoms with Gasteiger partial charge in [-0.2, -0.15) is 13.2 Å². The molecule has 0 saturated heterocycles. The summed E-state index contributed by atoms with van der Waals surface area (Å²) in [6.07, 6.45) is -4.53. The van der Waals surface area contributed by atoms with E-state index in [4.69, 9.17) is 4.74 Å². The summed E-state index contributed by atoms with van der Waals surface area (Å²) in [7, 11) is 1.37. The highest BCUT2D eigenvalue weighted by Crippen LogP contribution is 2.33. The molecule has 0 aliphatic heterocycles. The molecule has 1 aromatic carbocycles. The van der Waals surface area contributed by atoms with Crippen molar-refractivity contribution in [1.29, 1.82) is 0 Å². The molecule has 2 nitrogen and oxygen atoms in total. The van der Waals surface area contributed by atoms with Crippen molar-refractivity contribution in [1.82, 2.24) is 4.98 Å². The van der Waals surface area contributed by atoms with E-state index in [0.717, 1.165) is 12.1 Å². The predicted molar refractivity (Wildman–Crippen MR) is 61.2 cm³/mol. The highest BCUT2D eigenvalue weighted by molar-refractivity contribution is 5.61. The summed E-state index contributed by atoms with van der Waals surface area (Å²) in [6, 6.07) is 6.67. The van der Waals surface area contributed by atoms with Crippen LogP contribution in [0.5, 0.6) is 5.88 Å². The van der Waals surface area contributed by atoms with Crippen LogP contribution < -0.4 is 4.74 Å². The standard InChI is InChI=1S/C13H9F4NO/c1-19-12-4-2-3-11(18-12)9-7-8(13(15,16)17)5-6-10(9)14/h2-7H,1H3. The van der Waals surface area contributed by atoms with E-state index in [1.807, 2.05) is 0 Å². The van der Waals surface area contributed by atoms with Gasteiger partial charge in [-0.15, -0.1) is 0 Å². The second-order valence-electron chi connectivity index (χ2n) is 3.76. The highest BCUT2D eigenvalue weighted by atomic mass is 19.4. The Kier molecular flexibility index (Phi) is 3.42. The summed E-state index contributed by atoms with van der Waals surface area (Å²) in [5.41, 5.74) is -1.05. The summed E-state index contributed by atoms with van der Waals surface area (Å²) in [6.45, 7) is 0. The van der Waals surface area contributed by atoms with Gasteiger partial charge in [0.15, 0.2) is 0 Å². The van der Waals surface area contributed by atoms with Gasteiger partial charge in [0.25, 0.3) is 0 Å². The molecule has 0 spiro atoms. The van der Waals surface area contributed by atoms with Gasteiger partial charge in [0.1, 0.15) is 5.82 Å². The third kappa shape index (κ3) is 2.83. The molecule has 0 bridgehead atoms. The number of hydrogen-bond acceptors (Lipinski definition) is 2. The van der Waals surface area contributed by atoms with Gasteiger partial charge in [-0.05, 0) is 24.3 Å². The summed E-state index contributed by atoms with van der Waals surface area (Å²) in [5.74, 6) is -0.567. The molecule has 2 aromatic rings. The lowest BCUT2D eigenvalue weighted by molar-refractivity contribution is -0.137. The molecule has 0 aliphatic carbocycles. The zero-order chi connectivity index (χ0) is 14.0. The van der Waals surface area contributed by atoms with E-state index in [1.165, 1.54) is 25.3 Å². The molecule has 0 radical (unpaired) electrons. The maximum atomic E-state index is 13.6. The molecule has 0 amide bonds. The number of alkyl halides is 3. The summed E-state index contributed by atoms with van der Waals surface area (Å²) < 4.78 is 56.3. The highest BCUT2D eigenvalue weighted by Gasteiger charge is 2.31. The first-order valence-electron chi connectivity index (χ1n) is 5.30. The molecule has 100 valence electrons. The maximum absolute atomic E-state index is 13.6. The lowest BCUT2D eigenvalue weighted by atomic mass is 10.1. The maximum Gasteiger partial charge on any atom is 0.416 e. The number of rotatable bonds is 2. The first-order chi connectivity index (χ1) is 8.91. The number of nitrogens with zero attached hydrogens (tertiary/aromatic N) is 1. The van der Waals surface area contributed by atoms with E-state index < -0.39 is 17.6 Å². The van der Waals surface area contributed by atoms with Crippen molar-refractivity contribution in [3.8, 4) is 17.1 Å².